The molecule has 204 valence electrons. The number of quaternary nitrogens is 1. The van der Waals surface area contributed by atoms with E-state index in [2.05, 4.69) is 5.16 Å². The molecule has 1 saturated carbocycles. The number of benzene rings is 2. The fraction of sp³-hybridized carbons (Fsp3) is 0.516. The summed E-state index contributed by atoms with van der Waals surface area (Å²) < 4.78 is 27.3. The predicted octanol–water partition coefficient (Wildman–Crippen LogP) is 3.13. The Labute approximate surface area is 231 Å². The molecule has 2 bridgehead atoms. The van der Waals surface area contributed by atoms with Crippen LogP contribution >= 0.6 is 0 Å². The van der Waals surface area contributed by atoms with Gasteiger partial charge in [0.05, 0.1) is 13.1 Å². The maximum absolute atomic E-state index is 14.1. The molecular formula is C31H38ClFN2O3. The number of hydrogen-bond donors (Lipinski definition) is 1. The van der Waals surface area contributed by atoms with E-state index in [1.165, 1.54) is 12.5 Å². The number of nitrogens with zero attached hydrogens (tertiary/aromatic N) is 2. The third-order valence-electron chi connectivity index (χ3n) is 9.32. The zero-order valence-corrected chi connectivity index (χ0v) is 22.9. The lowest BCUT2D eigenvalue weighted by Crippen LogP contribution is -3.00. The number of ether oxygens (including phenoxy) is 1. The highest BCUT2D eigenvalue weighted by atomic mass is 35.5. The van der Waals surface area contributed by atoms with E-state index < -0.39 is 5.60 Å². The van der Waals surface area contributed by atoms with E-state index in [4.69, 9.17) is 9.26 Å². The van der Waals surface area contributed by atoms with Gasteiger partial charge in [-0.05, 0) is 42.9 Å². The summed E-state index contributed by atoms with van der Waals surface area (Å²) in [6.45, 7) is 5.54. The summed E-state index contributed by atoms with van der Waals surface area (Å²) in [5, 5.41) is 16.7. The molecule has 4 fully saturated rings. The molecule has 0 amide bonds. The van der Waals surface area contributed by atoms with Crippen molar-refractivity contribution in [1.29, 1.82) is 0 Å². The molecule has 0 radical (unpaired) electrons. The first-order chi connectivity index (χ1) is 18.0. The summed E-state index contributed by atoms with van der Waals surface area (Å²) in [7, 11) is 0. The van der Waals surface area contributed by atoms with Crippen molar-refractivity contribution in [3.05, 3.63) is 83.0 Å². The van der Waals surface area contributed by atoms with E-state index in [9.17, 15) is 9.50 Å². The highest BCUT2D eigenvalue weighted by Gasteiger charge is 2.48. The molecule has 38 heavy (non-hydrogen) atoms. The van der Waals surface area contributed by atoms with Gasteiger partial charge in [-0.25, -0.2) is 4.39 Å². The second kappa shape index (κ2) is 11.0. The van der Waals surface area contributed by atoms with E-state index >= 15 is 0 Å². The fourth-order valence-corrected chi connectivity index (χ4v) is 7.10. The summed E-state index contributed by atoms with van der Waals surface area (Å²) in [6, 6.07) is 17.1. The summed E-state index contributed by atoms with van der Waals surface area (Å²) in [5.41, 5.74) is 1.02. The molecule has 7 rings (SSSR count). The lowest BCUT2D eigenvalue weighted by atomic mass is 9.71. The molecule has 3 aliphatic heterocycles. The molecule has 3 saturated heterocycles. The van der Waals surface area contributed by atoms with Crippen LogP contribution in [0.15, 0.2) is 59.1 Å². The van der Waals surface area contributed by atoms with E-state index in [0.29, 0.717) is 22.9 Å². The first kappa shape index (κ1) is 27.2. The van der Waals surface area contributed by atoms with E-state index in [-0.39, 0.29) is 30.2 Å². The van der Waals surface area contributed by atoms with Crippen LogP contribution in [0.1, 0.15) is 67.5 Å². The quantitative estimate of drug-likeness (QED) is 0.468. The zero-order valence-electron chi connectivity index (χ0n) is 22.1. The Kier molecular flexibility index (Phi) is 7.86. The van der Waals surface area contributed by atoms with Crippen molar-refractivity contribution in [2.75, 3.05) is 19.6 Å². The predicted molar refractivity (Wildman–Crippen MR) is 139 cm³/mol. The molecule has 3 aromatic rings. The molecule has 0 unspecified atom stereocenters. The van der Waals surface area contributed by atoms with Crippen LogP contribution in [-0.2, 0) is 12.1 Å². The van der Waals surface area contributed by atoms with Crippen molar-refractivity contribution in [3.63, 3.8) is 0 Å². The lowest BCUT2D eigenvalue weighted by molar-refractivity contribution is -0.959. The maximum atomic E-state index is 14.1. The highest BCUT2D eigenvalue weighted by molar-refractivity contribution is 5.33. The normalized spacial score (nSPS) is 26.9. The second-order valence-corrected chi connectivity index (χ2v) is 11.7. The minimum atomic E-state index is -1.14. The van der Waals surface area contributed by atoms with Gasteiger partial charge in [-0.1, -0.05) is 60.8 Å². The average Bonchev–Trinajstić information content (AvgIpc) is 3.40. The lowest BCUT2D eigenvalue weighted by Gasteiger charge is -2.51. The monoisotopic (exact) mass is 540 g/mol. The maximum Gasteiger partial charge on any atom is 0.191 e. The Morgan fingerprint density at radius 2 is 1.76 bits per heavy atom. The van der Waals surface area contributed by atoms with Crippen molar-refractivity contribution in [1.82, 2.24) is 5.16 Å². The smallest absolute Gasteiger partial charge is 0.191 e. The van der Waals surface area contributed by atoms with Crippen LogP contribution in [0.2, 0.25) is 0 Å². The molecule has 1 N–H and O–H groups in total. The van der Waals surface area contributed by atoms with Gasteiger partial charge in [-0.2, -0.15) is 0 Å². The molecule has 0 spiro atoms. The van der Waals surface area contributed by atoms with E-state index in [1.807, 2.05) is 42.5 Å². The van der Waals surface area contributed by atoms with Crippen LogP contribution in [0.4, 0.5) is 4.39 Å². The summed E-state index contributed by atoms with van der Waals surface area (Å²) in [4.78, 5) is 0. The van der Waals surface area contributed by atoms with Crippen molar-refractivity contribution in [2.24, 2.45) is 11.8 Å². The third-order valence-corrected chi connectivity index (χ3v) is 9.32. The number of piperidine rings is 3. The second-order valence-electron chi connectivity index (χ2n) is 11.7. The number of rotatable bonds is 7. The Balaban J connectivity index is 0.00000294. The Bertz CT molecular complexity index is 1220. The van der Waals surface area contributed by atoms with Gasteiger partial charge >= 0.3 is 0 Å². The standard InChI is InChI=1S/C31H38FN2O3.ClH/c1-22-12-13-26(18-28(22)32)36-29-21-34(16-14-23(29)15-17-34)20-27-19-30(33-37-27)31(35,24-8-4-2-5-9-24)25-10-6-3-7-11-25;/h2,4-5,8-9,12-13,18-19,23,25,29,35H,3,6-7,10-11,14-17,20-21H2,1H3;1H/q+1;/p-1/t23?,29-,31-,34?;/m0./s1. The van der Waals surface area contributed by atoms with Gasteiger partial charge < -0.3 is 31.3 Å². The molecule has 7 heteroatoms. The van der Waals surface area contributed by atoms with E-state index in [0.717, 1.165) is 80.5 Å². The molecular weight excluding hydrogens is 503 g/mol. The van der Waals surface area contributed by atoms with Gasteiger partial charge in [0.15, 0.2) is 11.9 Å². The highest BCUT2D eigenvalue weighted by Crippen LogP contribution is 2.44. The van der Waals surface area contributed by atoms with Crippen LogP contribution in [0.25, 0.3) is 0 Å². The molecule has 4 aliphatic rings. The molecule has 5 nitrogen and oxygen atoms in total. The van der Waals surface area contributed by atoms with Crippen LogP contribution < -0.4 is 17.1 Å². The molecule has 1 aromatic heterocycles. The van der Waals surface area contributed by atoms with Crippen LogP contribution in [0.5, 0.6) is 5.75 Å². The Hall–Kier alpha value is -2.41. The van der Waals surface area contributed by atoms with E-state index in [1.54, 1.807) is 13.0 Å². The zero-order chi connectivity index (χ0) is 25.5. The van der Waals surface area contributed by atoms with Gasteiger partial charge in [-0.3, -0.25) is 0 Å². The SMILES string of the molecule is Cc1ccc(O[C@H]2C[N+]3(Cc4cc([C@](O)(c5ccccc5)C5CCCCC5)no4)CCC2CC3)cc1F.[Cl-]. The van der Waals surface area contributed by atoms with Crippen molar-refractivity contribution in [3.8, 4) is 5.75 Å². The molecule has 2 atom stereocenters. The Morgan fingerprint density at radius 3 is 2.47 bits per heavy atom. The average molecular weight is 541 g/mol. The van der Waals surface area contributed by atoms with Crippen molar-refractivity contribution >= 4 is 0 Å². The minimum absolute atomic E-state index is 0. The van der Waals surface area contributed by atoms with Crippen molar-refractivity contribution < 1.29 is 35.6 Å². The van der Waals surface area contributed by atoms with Gasteiger partial charge in [-0.15, -0.1) is 0 Å². The largest absolute Gasteiger partial charge is 1.00 e. The number of fused-ring (bicyclic) bond motifs is 3. The van der Waals surface area contributed by atoms with Crippen LogP contribution in [0.3, 0.4) is 0 Å². The molecule has 2 aromatic carbocycles. The summed E-state index contributed by atoms with van der Waals surface area (Å²) in [5.74, 6) is 1.85. The number of halogens is 2. The minimum Gasteiger partial charge on any atom is -1.00 e. The summed E-state index contributed by atoms with van der Waals surface area (Å²) in [6.07, 6.45) is 7.74. The van der Waals surface area contributed by atoms with Crippen LogP contribution in [-0.4, -0.2) is 40.5 Å². The van der Waals surface area contributed by atoms with Crippen LogP contribution in [0, 0.1) is 24.6 Å². The third kappa shape index (κ3) is 5.11. The van der Waals surface area contributed by atoms with Crippen molar-refractivity contribution in [2.45, 2.75) is 70.1 Å². The molecule has 1 aliphatic carbocycles. The fourth-order valence-electron chi connectivity index (χ4n) is 7.10. The number of aryl methyl sites for hydroxylation is 1. The Morgan fingerprint density at radius 1 is 1.03 bits per heavy atom. The topological polar surface area (TPSA) is 55.5 Å². The summed E-state index contributed by atoms with van der Waals surface area (Å²) >= 11 is 0. The first-order valence-corrected chi connectivity index (χ1v) is 14.0. The number of aromatic nitrogens is 1. The van der Waals surface area contributed by atoms with Gasteiger partial charge in [0.2, 0.25) is 0 Å². The number of hydrogen-bond acceptors (Lipinski definition) is 4. The number of aliphatic hydroxyl groups is 1. The van der Waals surface area contributed by atoms with Gasteiger partial charge in [0.25, 0.3) is 0 Å². The van der Waals surface area contributed by atoms with Gasteiger partial charge in [0, 0.05) is 30.9 Å². The van der Waals surface area contributed by atoms with Gasteiger partial charge in [0.1, 0.15) is 36.0 Å². The molecule has 4 heterocycles. The first-order valence-electron chi connectivity index (χ1n) is 14.0.